The summed E-state index contributed by atoms with van der Waals surface area (Å²) in [6, 6.07) is 31.5. The van der Waals surface area contributed by atoms with Gasteiger partial charge in [-0.2, -0.15) is 0 Å². The predicted molar refractivity (Wildman–Crippen MR) is 142 cm³/mol. The number of nitrogens with one attached hydrogen (secondary N) is 1. The van der Waals surface area contributed by atoms with Crippen molar-refractivity contribution in [3.8, 4) is 11.3 Å². The zero-order valence-corrected chi connectivity index (χ0v) is 20.3. The van der Waals surface area contributed by atoms with Gasteiger partial charge in [-0.3, -0.25) is 14.4 Å². The number of rotatable bonds is 6. The quantitative estimate of drug-likeness (QED) is 0.320. The summed E-state index contributed by atoms with van der Waals surface area (Å²) in [5.41, 5.74) is 4.55. The predicted octanol–water partition coefficient (Wildman–Crippen LogP) is 6.40. The Bertz CT molecular complexity index is 1150. The van der Waals surface area contributed by atoms with Crippen molar-refractivity contribution in [1.82, 2.24) is 14.8 Å². The average molecular weight is 487 g/mol. The molecule has 5 nitrogen and oxygen atoms in total. The van der Waals surface area contributed by atoms with Crippen LogP contribution in [-0.4, -0.2) is 46.2 Å². The molecule has 1 aliphatic rings. The molecule has 2 heterocycles. The molecule has 1 N–H and O–H groups in total. The lowest BCUT2D eigenvalue weighted by atomic mass is 9.96. The van der Waals surface area contributed by atoms with Gasteiger partial charge in [-0.25, -0.2) is 4.98 Å². The fourth-order valence-electron chi connectivity index (χ4n) is 4.26. The second kappa shape index (κ2) is 10.9. The highest BCUT2D eigenvalue weighted by Crippen LogP contribution is 2.30. The van der Waals surface area contributed by atoms with Crippen molar-refractivity contribution in [2.45, 2.75) is 6.04 Å². The van der Waals surface area contributed by atoms with Crippen LogP contribution in [0.5, 0.6) is 0 Å². The van der Waals surface area contributed by atoms with Crippen LogP contribution in [0.1, 0.15) is 17.2 Å². The number of hydrogen-bond acceptors (Lipinski definition) is 6. The first-order valence-corrected chi connectivity index (χ1v) is 13.0. The van der Waals surface area contributed by atoms with Gasteiger partial charge in [0.2, 0.25) is 0 Å². The van der Waals surface area contributed by atoms with Gasteiger partial charge >= 0.3 is 5.24 Å². The van der Waals surface area contributed by atoms with E-state index in [2.05, 4.69) is 75.3 Å². The van der Waals surface area contributed by atoms with E-state index in [1.165, 1.54) is 22.5 Å². The molecule has 0 saturated carbocycles. The SMILES string of the molecule is O=C(SNc1nc(-c2ccccc2)cs1)N1CCN(C(c2ccccc2)c2ccccc2)CC1. The summed E-state index contributed by atoms with van der Waals surface area (Å²) in [7, 11) is 0. The summed E-state index contributed by atoms with van der Waals surface area (Å²) in [6.07, 6.45) is 0. The summed E-state index contributed by atoms with van der Waals surface area (Å²) >= 11 is 2.62. The molecule has 0 atom stereocenters. The van der Waals surface area contributed by atoms with E-state index in [0.29, 0.717) is 13.1 Å². The van der Waals surface area contributed by atoms with Crippen molar-refractivity contribution in [3.63, 3.8) is 0 Å². The molecular weight excluding hydrogens is 460 g/mol. The highest BCUT2D eigenvalue weighted by atomic mass is 32.2. The third-order valence-electron chi connectivity index (χ3n) is 5.97. The highest BCUT2D eigenvalue weighted by Gasteiger charge is 2.28. The van der Waals surface area contributed by atoms with E-state index in [0.717, 1.165) is 41.4 Å². The van der Waals surface area contributed by atoms with E-state index < -0.39 is 0 Å². The Hall–Kier alpha value is -3.13. The van der Waals surface area contributed by atoms with Crippen LogP contribution >= 0.6 is 23.3 Å². The number of carbonyl (C=O) groups excluding carboxylic acids is 1. The number of amides is 1. The van der Waals surface area contributed by atoms with Crippen molar-refractivity contribution in [3.05, 3.63) is 108 Å². The Morgan fingerprint density at radius 2 is 1.38 bits per heavy atom. The van der Waals surface area contributed by atoms with Crippen LogP contribution in [-0.2, 0) is 0 Å². The molecule has 5 rings (SSSR count). The van der Waals surface area contributed by atoms with E-state index in [1.54, 1.807) is 0 Å². The second-order valence-corrected chi connectivity index (χ2v) is 9.74. The first kappa shape index (κ1) is 22.7. The molecule has 4 aromatic rings. The third kappa shape index (κ3) is 5.33. The molecule has 1 fully saturated rings. The Balaban J connectivity index is 1.18. The van der Waals surface area contributed by atoms with Gasteiger partial charge in [0.25, 0.3) is 0 Å². The summed E-state index contributed by atoms with van der Waals surface area (Å²) in [5, 5.41) is 2.78. The van der Waals surface area contributed by atoms with Crippen molar-refractivity contribution in [2.24, 2.45) is 0 Å². The van der Waals surface area contributed by atoms with Gasteiger partial charge in [0, 0.05) is 49.1 Å². The van der Waals surface area contributed by atoms with Crippen molar-refractivity contribution >= 4 is 33.7 Å². The minimum absolute atomic E-state index is 0.0343. The molecular formula is C27H26N4OS2. The van der Waals surface area contributed by atoms with E-state index >= 15 is 0 Å². The maximum absolute atomic E-state index is 12.8. The molecule has 7 heteroatoms. The Morgan fingerprint density at radius 1 is 0.824 bits per heavy atom. The van der Waals surface area contributed by atoms with Crippen LogP contribution < -0.4 is 4.72 Å². The lowest BCUT2D eigenvalue weighted by Crippen LogP contribution is -2.49. The van der Waals surface area contributed by atoms with E-state index in [1.807, 2.05) is 40.6 Å². The van der Waals surface area contributed by atoms with Gasteiger partial charge < -0.3 is 4.90 Å². The summed E-state index contributed by atoms with van der Waals surface area (Å²) in [5.74, 6) is 0. The molecule has 1 aliphatic heterocycles. The molecule has 172 valence electrons. The van der Waals surface area contributed by atoms with Crippen LogP contribution in [0.2, 0.25) is 0 Å². The highest BCUT2D eigenvalue weighted by molar-refractivity contribution is 8.14. The molecule has 34 heavy (non-hydrogen) atoms. The van der Waals surface area contributed by atoms with Crippen LogP contribution in [0.4, 0.5) is 9.93 Å². The first-order valence-electron chi connectivity index (χ1n) is 11.3. The van der Waals surface area contributed by atoms with Crippen molar-refractivity contribution < 1.29 is 4.79 Å². The number of aromatic nitrogens is 1. The normalized spacial score (nSPS) is 14.3. The van der Waals surface area contributed by atoms with E-state index in [9.17, 15) is 4.79 Å². The molecule has 0 aliphatic carbocycles. The summed E-state index contributed by atoms with van der Waals surface area (Å²) in [4.78, 5) is 21.9. The fraction of sp³-hybridized carbons (Fsp3) is 0.185. The minimum atomic E-state index is 0.0343. The van der Waals surface area contributed by atoms with Crippen LogP contribution in [0.3, 0.4) is 0 Å². The van der Waals surface area contributed by atoms with Crippen molar-refractivity contribution in [2.75, 3.05) is 30.9 Å². The number of carbonyl (C=O) groups is 1. The third-order valence-corrected chi connectivity index (χ3v) is 7.58. The Kier molecular flexibility index (Phi) is 7.24. The van der Waals surface area contributed by atoms with Crippen LogP contribution in [0.25, 0.3) is 11.3 Å². The largest absolute Gasteiger partial charge is 0.330 e. The molecule has 1 saturated heterocycles. The van der Waals surface area contributed by atoms with Gasteiger partial charge in [0.15, 0.2) is 5.13 Å². The van der Waals surface area contributed by atoms with Gasteiger partial charge in [-0.1, -0.05) is 91.0 Å². The standard InChI is InChI=1S/C27H26N4OS2/c32-27(34-29-26-28-24(20-33-26)21-10-4-1-5-11-21)31-18-16-30(17-19-31)25(22-12-6-2-7-13-22)23-14-8-3-9-15-23/h1-15,20,25H,16-19H2,(H,28,29). The zero-order valence-electron chi connectivity index (χ0n) is 18.7. The number of benzene rings is 3. The number of thiazole rings is 1. The molecule has 1 aromatic heterocycles. The molecule has 0 unspecified atom stereocenters. The second-order valence-electron chi connectivity index (χ2n) is 8.12. The van der Waals surface area contributed by atoms with Crippen LogP contribution in [0.15, 0.2) is 96.4 Å². The van der Waals surface area contributed by atoms with Gasteiger partial charge in [-0.05, 0) is 11.1 Å². The Labute approximate surface area is 208 Å². The molecule has 0 radical (unpaired) electrons. The van der Waals surface area contributed by atoms with E-state index in [4.69, 9.17) is 0 Å². The molecule has 3 aromatic carbocycles. The maximum Gasteiger partial charge on any atom is 0.302 e. The number of anilines is 1. The molecule has 1 amide bonds. The number of nitrogens with zero attached hydrogens (tertiary/aromatic N) is 3. The topological polar surface area (TPSA) is 48.5 Å². The number of hydrogen-bond donors (Lipinski definition) is 1. The van der Waals surface area contributed by atoms with Crippen molar-refractivity contribution in [1.29, 1.82) is 0 Å². The average Bonchev–Trinajstić information content (AvgIpc) is 3.39. The first-order chi connectivity index (χ1) is 16.8. The summed E-state index contributed by atoms with van der Waals surface area (Å²) in [6.45, 7) is 3.07. The summed E-state index contributed by atoms with van der Waals surface area (Å²) < 4.78 is 3.14. The Morgan fingerprint density at radius 3 is 1.97 bits per heavy atom. The minimum Gasteiger partial charge on any atom is -0.330 e. The lowest BCUT2D eigenvalue weighted by molar-refractivity contribution is 0.131. The smallest absolute Gasteiger partial charge is 0.302 e. The van der Waals surface area contributed by atoms with Crippen LogP contribution in [0, 0.1) is 0 Å². The van der Waals surface area contributed by atoms with Gasteiger partial charge in [0.1, 0.15) is 0 Å². The maximum atomic E-state index is 12.8. The van der Waals surface area contributed by atoms with Gasteiger partial charge in [0.05, 0.1) is 11.7 Å². The lowest BCUT2D eigenvalue weighted by Gasteiger charge is -2.39. The molecule has 0 bridgehead atoms. The van der Waals surface area contributed by atoms with E-state index in [-0.39, 0.29) is 11.3 Å². The monoisotopic (exact) mass is 486 g/mol. The fourth-order valence-corrected chi connectivity index (χ4v) is 5.67. The number of piperazine rings is 1. The van der Waals surface area contributed by atoms with Gasteiger partial charge in [-0.15, -0.1) is 11.3 Å². The molecule has 0 spiro atoms. The zero-order chi connectivity index (χ0) is 23.2.